The van der Waals surface area contributed by atoms with Crippen LogP contribution in [0.4, 0.5) is 0 Å². The lowest BCUT2D eigenvalue weighted by atomic mass is 10.0. The first-order valence-electron chi connectivity index (χ1n) is 9.96. The molecule has 0 saturated heterocycles. The van der Waals surface area contributed by atoms with E-state index >= 15 is 0 Å². The molecule has 0 aliphatic rings. The van der Waals surface area contributed by atoms with Gasteiger partial charge in [0, 0.05) is 16.0 Å². The predicted octanol–water partition coefficient (Wildman–Crippen LogP) is 5.93. The van der Waals surface area contributed by atoms with E-state index in [0.29, 0.717) is 28.3 Å². The molecule has 0 spiro atoms. The molecule has 0 fully saturated rings. The van der Waals surface area contributed by atoms with Gasteiger partial charge in [-0.15, -0.1) is 0 Å². The van der Waals surface area contributed by atoms with Gasteiger partial charge in [0.15, 0.2) is 0 Å². The molecular formula is C26H19ClN2O2. The zero-order valence-electron chi connectivity index (χ0n) is 16.9. The largest absolute Gasteiger partial charge is 0.496 e. The van der Waals surface area contributed by atoms with Gasteiger partial charge in [-0.25, -0.2) is 4.98 Å². The number of nitrogens with zero attached hydrogens (tertiary/aromatic N) is 2. The molecule has 1 aromatic heterocycles. The van der Waals surface area contributed by atoms with E-state index < -0.39 is 0 Å². The molecule has 0 atom stereocenters. The van der Waals surface area contributed by atoms with Gasteiger partial charge in [0.2, 0.25) is 0 Å². The maximum atomic E-state index is 13.5. The molecule has 0 aliphatic carbocycles. The topological polar surface area (TPSA) is 44.1 Å². The van der Waals surface area contributed by atoms with Crippen LogP contribution in [0.2, 0.25) is 5.02 Å². The number of aromatic nitrogens is 2. The third kappa shape index (κ3) is 3.45. The molecular weight excluding hydrogens is 408 g/mol. The quantitative estimate of drug-likeness (QED) is 0.358. The Morgan fingerprint density at radius 1 is 0.839 bits per heavy atom. The fraction of sp³-hybridized carbons (Fsp3) is 0.0769. The molecule has 0 saturated carbocycles. The Bertz CT molecular complexity index is 1470. The van der Waals surface area contributed by atoms with Crippen molar-refractivity contribution in [3.8, 4) is 17.1 Å². The Kier molecular flexibility index (Phi) is 4.92. The van der Waals surface area contributed by atoms with Crippen molar-refractivity contribution in [3.05, 3.63) is 106 Å². The molecule has 4 aromatic carbocycles. The molecule has 1 heterocycles. The lowest BCUT2D eigenvalue weighted by Crippen LogP contribution is -2.24. The van der Waals surface area contributed by atoms with E-state index in [4.69, 9.17) is 21.3 Å². The summed E-state index contributed by atoms with van der Waals surface area (Å²) in [5, 5.41) is 3.21. The van der Waals surface area contributed by atoms with E-state index in [-0.39, 0.29) is 5.56 Å². The number of para-hydroxylation sites is 1. The Morgan fingerprint density at radius 2 is 1.52 bits per heavy atom. The molecule has 5 aromatic rings. The van der Waals surface area contributed by atoms with Crippen molar-refractivity contribution < 1.29 is 4.74 Å². The summed E-state index contributed by atoms with van der Waals surface area (Å²) in [6.07, 6.45) is 0. The Balaban J connectivity index is 1.82. The summed E-state index contributed by atoms with van der Waals surface area (Å²) < 4.78 is 7.28. The van der Waals surface area contributed by atoms with Crippen LogP contribution in [0.3, 0.4) is 0 Å². The fourth-order valence-corrected chi connectivity index (χ4v) is 4.06. The number of fused-ring (bicyclic) bond motifs is 2. The van der Waals surface area contributed by atoms with Crippen LogP contribution < -0.4 is 10.3 Å². The van der Waals surface area contributed by atoms with Crippen molar-refractivity contribution in [1.82, 2.24) is 9.55 Å². The van der Waals surface area contributed by atoms with Crippen LogP contribution in [0.1, 0.15) is 5.56 Å². The van der Waals surface area contributed by atoms with Gasteiger partial charge in [-0.05, 0) is 47.3 Å². The van der Waals surface area contributed by atoms with E-state index in [1.165, 1.54) is 0 Å². The van der Waals surface area contributed by atoms with Crippen LogP contribution in [0.15, 0.2) is 89.7 Å². The molecule has 31 heavy (non-hydrogen) atoms. The van der Waals surface area contributed by atoms with E-state index in [1.54, 1.807) is 11.7 Å². The van der Waals surface area contributed by atoms with Crippen molar-refractivity contribution in [2.45, 2.75) is 6.54 Å². The van der Waals surface area contributed by atoms with Crippen LogP contribution in [-0.2, 0) is 6.54 Å². The van der Waals surface area contributed by atoms with Gasteiger partial charge < -0.3 is 4.74 Å². The predicted molar refractivity (Wildman–Crippen MR) is 126 cm³/mol. The molecule has 0 radical (unpaired) electrons. The average molecular weight is 427 g/mol. The van der Waals surface area contributed by atoms with E-state index in [9.17, 15) is 4.79 Å². The summed E-state index contributed by atoms with van der Waals surface area (Å²) in [6.45, 7) is 0.392. The Labute approximate surface area is 184 Å². The second-order valence-corrected chi connectivity index (χ2v) is 7.77. The third-order valence-electron chi connectivity index (χ3n) is 5.46. The van der Waals surface area contributed by atoms with Crippen LogP contribution in [-0.4, -0.2) is 16.7 Å². The average Bonchev–Trinajstić information content (AvgIpc) is 2.81. The summed E-state index contributed by atoms with van der Waals surface area (Å²) in [7, 11) is 1.66. The smallest absolute Gasteiger partial charge is 0.261 e. The Morgan fingerprint density at radius 3 is 2.26 bits per heavy atom. The normalized spacial score (nSPS) is 11.2. The zero-order chi connectivity index (χ0) is 21.4. The number of ether oxygens (including phenoxy) is 1. The third-order valence-corrected chi connectivity index (χ3v) is 5.71. The minimum atomic E-state index is -0.0737. The highest BCUT2D eigenvalue weighted by molar-refractivity contribution is 6.30. The summed E-state index contributed by atoms with van der Waals surface area (Å²) in [5.41, 5.74) is 2.46. The second kappa shape index (κ2) is 7.89. The van der Waals surface area contributed by atoms with E-state index in [1.807, 2.05) is 84.9 Å². The molecule has 0 unspecified atom stereocenters. The van der Waals surface area contributed by atoms with Gasteiger partial charge in [0.1, 0.15) is 11.6 Å². The number of rotatable bonds is 4. The number of hydrogen-bond donors (Lipinski definition) is 0. The van der Waals surface area contributed by atoms with Crippen molar-refractivity contribution in [1.29, 1.82) is 0 Å². The minimum absolute atomic E-state index is 0.0737. The van der Waals surface area contributed by atoms with Crippen molar-refractivity contribution >= 4 is 33.3 Å². The highest BCUT2D eigenvalue weighted by atomic mass is 35.5. The summed E-state index contributed by atoms with van der Waals surface area (Å²) in [4.78, 5) is 18.4. The molecule has 5 rings (SSSR count). The lowest BCUT2D eigenvalue weighted by Gasteiger charge is -2.16. The zero-order valence-corrected chi connectivity index (χ0v) is 17.6. The summed E-state index contributed by atoms with van der Waals surface area (Å²) >= 11 is 6.05. The van der Waals surface area contributed by atoms with Crippen LogP contribution in [0.5, 0.6) is 5.75 Å². The van der Waals surface area contributed by atoms with Crippen LogP contribution >= 0.6 is 11.6 Å². The molecule has 0 bridgehead atoms. The number of halogens is 1. The van der Waals surface area contributed by atoms with Gasteiger partial charge in [-0.3, -0.25) is 9.36 Å². The molecule has 0 N–H and O–H groups in total. The monoisotopic (exact) mass is 426 g/mol. The van der Waals surface area contributed by atoms with E-state index in [0.717, 1.165) is 27.6 Å². The Hall–Kier alpha value is -3.63. The van der Waals surface area contributed by atoms with Crippen LogP contribution in [0.25, 0.3) is 33.1 Å². The van der Waals surface area contributed by atoms with Gasteiger partial charge in [-0.2, -0.15) is 0 Å². The van der Waals surface area contributed by atoms with Crippen molar-refractivity contribution in [2.75, 3.05) is 7.11 Å². The summed E-state index contributed by atoms with van der Waals surface area (Å²) in [6, 6.07) is 26.9. The van der Waals surface area contributed by atoms with Crippen LogP contribution in [0, 0.1) is 0 Å². The second-order valence-electron chi connectivity index (χ2n) is 7.33. The first-order valence-corrected chi connectivity index (χ1v) is 10.3. The standard InChI is InChI=1S/C26H19ClN2O2/c1-31-24-15-14-21(19-6-2-3-7-20(19)24)25-28-23-9-5-4-8-22(23)26(30)29(25)16-17-10-12-18(27)13-11-17/h2-15H,16H2,1H3. The minimum Gasteiger partial charge on any atom is -0.496 e. The number of methoxy groups -OCH3 is 1. The first-order chi connectivity index (χ1) is 15.2. The SMILES string of the molecule is COc1ccc(-c2nc3ccccc3c(=O)n2Cc2ccc(Cl)cc2)c2ccccc12. The van der Waals surface area contributed by atoms with Gasteiger partial charge in [-0.1, -0.05) is 60.1 Å². The van der Waals surface area contributed by atoms with Crippen molar-refractivity contribution in [2.24, 2.45) is 0 Å². The molecule has 4 nitrogen and oxygen atoms in total. The van der Waals surface area contributed by atoms with Crippen molar-refractivity contribution in [3.63, 3.8) is 0 Å². The van der Waals surface area contributed by atoms with Gasteiger partial charge in [0.05, 0.1) is 24.6 Å². The highest BCUT2D eigenvalue weighted by Crippen LogP contribution is 2.34. The molecule has 0 amide bonds. The highest BCUT2D eigenvalue weighted by Gasteiger charge is 2.16. The first kappa shape index (κ1) is 19.3. The van der Waals surface area contributed by atoms with E-state index in [2.05, 4.69) is 0 Å². The maximum Gasteiger partial charge on any atom is 0.261 e. The maximum absolute atomic E-state index is 13.5. The summed E-state index contributed by atoms with van der Waals surface area (Å²) in [5.74, 6) is 1.41. The number of hydrogen-bond acceptors (Lipinski definition) is 3. The number of benzene rings is 4. The fourth-order valence-electron chi connectivity index (χ4n) is 3.94. The van der Waals surface area contributed by atoms with Gasteiger partial charge >= 0.3 is 0 Å². The van der Waals surface area contributed by atoms with Gasteiger partial charge in [0.25, 0.3) is 5.56 Å². The molecule has 0 aliphatic heterocycles. The molecule has 152 valence electrons. The lowest BCUT2D eigenvalue weighted by molar-refractivity contribution is 0.420. The molecule has 5 heteroatoms.